The molecule has 1 heterocycles. The predicted molar refractivity (Wildman–Crippen MR) is 77.5 cm³/mol. The van der Waals surface area contributed by atoms with E-state index in [1.165, 1.54) is 11.1 Å². The molecule has 19 heavy (non-hydrogen) atoms. The number of hydrogen-bond donors (Lipinski definition) is 2. The molecule has 0 saturated heterocycles. The van der Waals surface area contributed by atoms with E-state index >= 15 is 0 Å². The van der Waals surface area contributed by atoms with E-state index in [0.717, 1.165) is 12.4 Å². The summed E-state index contributed by atoms with van der Waals surface area (Å²) in [7, 11) is 0. The van der Waals surface area contributed by atoms with E-state index in [4.69, 9.17) is 5.73 Å². The molecule has 0 bridgehead atoms. The molecule has 3 N–H and O–H groups in total. The van der Waals surface area contributed by atoms with Gasteiger partial charge in [-0.15, -0.1) is 0 Å². The number of nitrogens with one attached hydrogen (secondary N) is 1. The Kier molecular flexibility index (Phi) is 4.47. The summed E-state index contributed by atoms with van der Waals surface area (Å²) in [6, 6.07) is 10.4. The van der Waals surface area contributed by atoms with Gasteiger partial charge in [0.15, 0.2) is 0 Å². The maximum atomic E-state index is 5.61. The zero-order valence-corrected chi connectivity index (χ0v) is 11.4. The molecule has 0 spiro atoms. The molecule has 0 radical (unpaired) electrons. The van der Waals surface area contributed by atoms with E-state index in [2.05, 4.69) is 53.4 Å². The van der Waals surface area contributed by atoms with Crippen LogP contribution in [0.4, 0.5) is 5.82 Å². The third-order valence-electron chi connectivity index (χ3n) is 2.99. The first-order chi connectivity index (χ1) is 9.15. The van der Waals surface area contributed by atoms with Crippen molar-refractivity contribution in [2.24, 2.45) is 0 Å². The Labute approximate surface area is 114 Å². The predicted octanol–water partition coefficient (Wildman–Crippen LogP) is 2.47. The summed E-state index contributed by atoms with van der Waals surface area (Å²) >= 11 is 0. The van der Waals surface area contributed by atoms with Crippen molar-refractivity contribution < 1.29 is 0 Å². The van der Waals surface area contributed by atoms with E-state index in [9.17, 15) is 0 Å². The minimum atomic E-state index is 0.507. The zero-order chi connectivity index (χ0) is 13.7. The zero-order valence-electron chi connectivity index (χ0n) is 11.4. The normalized spacial score (nSPS) is 10.9. The molecule has 0 unspecified atom stereocenters. The van der Waals surface area contributed by atoms with Crippen LogP contribution in [0.1, 0.15) is 36.7 Å². The van der Waals surface area contributed by atoms with Gasteiger partial charge in [-0.3, -0.25) is 0 Å². The Balaban J connectivity index is 1.85. The van der Waals surface area contributed by atoms with Crippen LogP contribution in [0.2, 0.25) is 0 Å². The van der Waals surface area contributed by atoms with E-state index in [1.54, 1.807) is 12.3 Å². The molecule has 1 aromatic heterocycles. The SMILES string of the molecule is CC(C)c1ccc(CNCc2nccc(N)n2)cc1. The first kappa shape index (κ1) is 13.5. The molecular weight excluding hydrogens is 236 g/mol. The van der Waals surface area contributed by atoms with Gasteiger partial charge >= 0.3 is 0 Å². The summed E-state index contributed by atoms with van der Waals surface area (Å²) < 4.78 is 0. The fourth-order valence-electron chi connectivity index (χ4n) is 1.84. The monoisotopic (exact) mass is 256 g/mol. The Hall–Kier alpha value is -1.94. The number of nitrogen functional groups attached to an aromatic ring is 1. The van der Waals surface area contributed by atoms with Crippen LogP contribution >= 0.6 is 0 Å². The van der Waals surface area contributed by atoms with Crippen molar-refractivity contribution in [1.29, 1.82) is 0 Å². The highest BCUT2D eigenvalue weighted by Gasteiger charge is 2.00. The summed E-state index contributed by atoms with van der Waals surface area (Å²) in [5.41, 5.74) is 8.23. The van der Waals surface area contributed by atoms with Gasteiger partial charge in [0, 0.05) is 12.7 Å². The van der Waals surface area contributed by atoms with Crippen molar-refractivity contribution in [3.8, 4) is 0 Å². The number of rotatable bonds is 5. The Morgan fingerprint density at radius 2 is 1.84 bits per heavy atom. The lowest BCUT2D eigenvalue weighted by atomic mass is 10.0. The van der Waals surface area contributed by atoms with Crippen LogP contribution in [0.5, 0.6) is 0 Å². The summed E-state index contributed by atoms with van der Waals surface area (Å²) in [5, 5.41) is 3.31. The van der Waals surface area contributed by atoms with E-state index in [1.807, 2.05) is 0 Å². The van der Waals surface area contributed by atoms with Gasteiger partial charge in [0.25, 0.3) is 0 Å². The summed E-state index contributed by atoms with van der Waals surface area (Å²) in [4.78, 5) is 8.30. The number of nitrogens with zero attached hydrogens (tertiary/aromatic N) is 2. The maximum absolute atomic E-state index is 5.61. The fraction of sp³-hybridized carbons (Fsp3) is 0.333. The van der Waals surface area contributed by atoms with Gasteiger partial charge in [-0.05, 0) is 23.1 Å². The maximum Gasteiger partial charge on any atom is 0.144 e. The van der Waals surface area contributed by atoms with Gasteiger partial charge in [0.05, 0.1) is 6.54 Å². The number of benzene rings is 1. The van der Waals surface area contributed by atoms with Crippen LogP contribution in [0.15, 0.2) is 36.5 Å². The molecule has 100 valence electrons. The average molecular weight is 256 g/mol. The molecule has 0 aliphatic heterocycles. The smallest absolute Gasteiger partial charge is 0.144 e. The quantitative estimate of drug-likeness (QED) is 0.862. The molecule has 0 amide bonds. The minimum absolute atomic E-state index is 0.507. The molecule has 2 aromatic rings. The first-order valence-electron chi connectivity index (χ1n) is 6.52. The highest BCUT2D eigenvalue weighted by atomic mass is 15.0. The number of nitrogens with two attached hydrogens (primary N) is 1. The molecule has 2 rings (SSSR count). The molecular formula is C15H20N4. The van der Waals surface area contributed by atoms with Gasteiger partial charge in [-0.25, -0.2) is 9.97 Å². The van der Waals surface area contributed by atoms with Gasteiger partial charge < -0.3 is 11.1 Å². The van der Waals surface area contributed by atoms with Crippen LogP contribution in [-0.2, 0) is 13.1 Å². The highest BCUT2D eigenvalue weighted by molar-refractivity contribution is 5.25. The average Bonchev–Trinajstić information content (AvgIpc) is 2.39. The third kappa shape index (κ3) is 4.03. The summed E-state index contributed by atoms with van der Waals surface area (Å²) in [6.45, 7) is 5.82. The Bertz CT molecular complexity index is 520. The number of hydrogen-bond acceptors (Lipinski definition) is 4. The standard InChI is InChI=1S/C15H20N4/c1-11(2)13-5-3-12(4-6-13)9-17-10-15-18-8-7-14(16)19-15/h3-8,11,17H,9-10H2,1-2H3,(H2,16,18,19). The van der Waals surface area contributed by atoms with Crippen molar-refractivity contribution in [3.63, 3.8) is 0 Å². The molecule has 0 saturated carbocycles. The molecule has 1 aromatic carbocycles. The molecule has 4 heteroatoms. The lowest BCUT2D eigenvalue weighted by Gasteiger charge is -2.08. The molecule has 0 fully saturated rings. The lowest BCUT2D eigenvalue weighted by molar-refractivity contribution is 0.663. The molecule has 4 nitrogen and oxygen atoms in total. The van der Waals surface area contributed by atoms with Crippen LogP contribution in [0.25, 0.3) is 0 Å². The second-order valence-electron chi connectivity index (χ2n) is 4.90. The van der Waals surface area contributed by atoms with Gasteiger partial charge in [-0.2, -0.15) is 0 Å². The molecule has 0 aliphatic rings. The van der Waals surface area contributed by atoms with Gasteiger partial charge in [0.2, 0.25) is 0 Å². The second-order valence-corrected chi connectivity index (χ2v) is 4.90. The van der Waals surface area contributed by atoms with Crippen LogP contribution in [0, 0.1) is 0 Å². The second kappa shape index (κ2) is 6.29. The molecule has 0 atom stereocenters. The number of aromatic nitrogens is 2. The van der Waals surface area contributed by atoms with E-state index in [0.29, 0.717) is 18.3 Å². The van der Waals surface area contributed by atoms with Crippen molar-refractivity contribution >= 4 is 5.82 Å². The van der Waals surface area contributed by atoms with E-state index < -0.39 is 0 Å². The lowest BCUT2D eigenvalue weighted by Crippen LogP contribution is -2.15. The first-order valence-corrected chi connectivity index (χ1v) is 6.52. The van der Waals surface area contributed by atoms with Crippen LogP contribution in [-0.4, -0.2) is 9.97 Å². The van der Waals surface area contributed by atoms with Crippen molar-refractivity contribution in [2.75, 3.05) is 5.73 Å². The largest absolute Gasteiger partial charge is 0.384 e. The highest BCUT2D eigenvalue weighted by Crippen LogP contribution is 2.14. The Morgan fingerprint density at radius 3 is 2.47 bits per heavy atom. The van der Waals surface area contributed by atoms with Crippen molar-refractivity contribution in [1.82, 2.24) is 15.3 Å². The van der Waals surface area contributed by atoms with Crippen molar-refractivity contribution in [3.05, 3.63) is 53.5 Å². The Morgan fingerprint density at radius 1 is 1.11 bits per heavy atom. The topological polar surface area (TPSA) is 63.8 Å². The third-order valence-corrected chi connectivity index (χ3v) is 2.99. The minimum Gasteiger partial charge on any atom is -0.384 e. The molecule has 0 aliphatic carbocycles. The van der Waals surface area contributed by atoms with Crippen LogP contribution < -0.4 is 11.1 Å². The van der Waals surface area contributed by atoms with Crippen molar-refractivity contribution in [2.45, 2.75) is 32.9 Å². The van der Waals surface area contributed by atoms with Crippen LogP contribution in [0.3, 0.4) is 0 Å². The van der Waals surface area contributed by atoms with Gasteiger partial charge in [-0.1, -0.05) is 38.1 Å². The fourth-order valence-corrected chi connectivity index (χ4v) is 1.84. The summed E-state index contributed by atoms with van der Waals surface area (Å²) in [6.07, 6.45) is 1.68. The summed E-state index contributed by atoms with van der Waals surface area (Å²) in [5.74, 6) is 1.80. The van der Waals surface area contributed by atoms with Gasteiger partial charge in [0.1, 0.15) is 11.6 Å². The van der Waals surface area contributed by atoms with E-state index in [-0.39, 0.29) is 0 Å². The number of anilines is 1.